The van der Waals surface area contributed by atoms with Gasteiger partial charge in [-0.15, -0.1) is 0 Å². The molecule has 1 aliphatic rings. The molecular formula is C11H10FN. The Morgan fingerprint density at radius 3 is 2.62 bits per heavy atom. The lowest BCUT2D eigenvalue weighted by molar-refractivity contribution is 0.616. The first-order chi connectivity index (χ1) is 6.20. The topological polar surface area (TPSA) is 23.8 Å². The van der Waals surface area contributed by atoms with Crippen LogP contribution in [0.1, 0.15) is 23.6 Å². The highest BCUT2D eigenvalue weighted by atomic mass is 19.1. The average molecular weight is 175 g/mol. The molecule has 1 unspecified atom stereocenters. The third kappa shape index (κ3) is 1.31. The molecule has 0 N–H and O–H groups in total. The molecule has 0 saturated heterocycles. The van der Waals surface area contributed by atoms with Crippen LogP contribution < -0.4 is 0 Å². The van der Waals surface area contributed by atoms with Gasteiger partial charge in [-0.05, 0) is 42.0 Å². The molecule has 0 fully saturated rings. The highest BCUT2D eigenvalue weighted by Gasteiger charge is 2.19. The Kier molecular flexibility index (Phi) is 1.81. The summed E-state index contributed by atoms with van der Waals surface area (Å²) in [5.74, 6) is 0.207. The lowest BCUT2D eigenvalue weighted by Crippen LogP contribution is -1.89. The van der Waals surface area contributed by atoms with Crippen LogP contribution in [0.5, 0.6) is 0 Å². The normalized spacial score (nSPS) is 19.6. The van der Waals surface area contributed by atoms with Crippen molar-refractivity contribution in [2.75, 3.05) is 0 Å². The van der Waals surface area contributed by atoms with Crippen LogP contribution in [-0.2, 0) is 12.8 Å². The number of benzene rings is 1. The van der Waals surface area contributed by atoms with E-state index in [2.05, 4.69) is 6.92 Å². The molecule has 0 saturated carbocycles. The minimum atomic E-state index is -0.379. The van der Waals surface area contributed by atoms with Gasteiger partial charge in [-0.3, -0.25) is 0 Å². The van der Waals surface area contributed by atoms with Crippen LogP contribution in [-0.4, -0.2) is 0 Å². The summed E-state index contributed by atoms with van der Waals surface area (Å²) in [4.78, 5) is 0. The monoisotopic (exact) mass is 175 g/mol. The van der Waals surface area contributed by atoms with E-state index in [1.165, 1.54) is 6.07 Å². The van der Waals surface area contributed by atoms with E-state index in [0.717, 1.165) is 24.0 Å². The van der Waals surface area contributed by atoms with E-state index in [-0.39, 0.29) is 11.4 Å². The van der Waals surface area contributed by atoms with Crippen molar-refractivity contribution in [3.8, 4) is 6.07 Å². The maximum Gasteiger partial charge on any atom is 0.141 e. The van der Waals surface area contributed by atoms with Crippen molar-refractivity contribution >= 4 is 0 Å². The first-order valence-electron chi connectivity index (χ1n) is 4.42. The predicted molar refractivity (Wildman–Crippen MR) is 47.7 cm³/mol. The number of fused-ring (bicyclic) bond motifs is 1. The molecule has 1 nitrogen and oxygen atoms in total. The van der Waals surface area contributed by atoms with Crippen LogP contribution in [0.25, 0.3) is 0 Å². The Hall–Kier alpha value is -1.36. The summed E-state index contributed by atoms with van der Waals surface area (Å²) in [5.41, 5.74) is 2.39. The smallest absolute Gasteiger partial charge is 0.141 e. The molecule has 0 spiro atoms. The van der Waals surface area contributed by atoms with Gasteiger partial charge < -0.3 is 0 Å². The van der Waals surface area contributed by atoms with E-state index in [9.17, 15) is 4.39 Å². The molecule has 66 valence electrons. The van der Waals surface area contributed by atoms with Crippen LogP contribution in [0.4, 0.5) is 4.39 Å². The second-order valence-corrected chi connectivity index (χ2v) is 3.73. The Labute approximate surface area is 76.8 Å². The van der Waals surface area contributed by atoms with Gasteiger partial charge in [0.1, 0.15) is 11.9 Å². The Morgan fingerprint density at radius 2 is 2.00 bits per heavy atom. The molecule has 0 radical (unpaired) electrons. The maximum atomic E-state index is 13.1. The third-order valence-electron chi connectivity index (χ3n) is 2.55. The largest absolute Gasteiger partial charge is 0.206 e. The molecule has 1 atom stereocenters. The molecule has 2 rings (SSSR count). The molecule has 0 aliphatic heterocycles. The van der Waals surface area contributed by atoms with Gasteiger partial charge in [0.15, 0.2) is 0 Å². The summed E-state index contributed by atoms with van der Waals surface area (Å²) in [6.07, 6.45) is 1.92. The quantitative estimate of drug-likeness (QED) is 0.594. The average Bonchev–Trinajstić information content (AvgIpc) is 2.42. The number of hydrogen-bond acceptors (Lipinski definition) is 1. The summed E-state index contributed by atoms with van der Waals surface area (Å²) >= 11 is 0. The standard InChI is InChI=1S/C11H10FN/c1-7-2-8-4-10(6-13)11(12)5-9(8)3-7/h4-5,7H,2-3H2,1H3. The molecule has 0 aromatic heterocycles. The van der Waals surface area contributed by atoms with Crippen LogP contribution in [0.15, 0.2) is 12.1 Å². The summed E-state index contributed by atoms with van der Waals surface area (Å²) in [7, 11) is 0. The maximum absolute atomic E-state index is 13.1. The van der Waals surface area contributed by atoms with Crippen molar-refractivity contribution < 1.29 is 4.39 Å². The Balaban J connectivity index is 2.52. The molecule has 0 amide bonds. The van der Waals surface area contributed by atoms with Gasteiger partial charge in [0, 0.05) is 0 Å². The third-order valence-corrected chi connectivity index (χ3v) is 2.55. The van der Waals surface area contributed by atoms with Crippen LogP contribution in [0, 0.1) is 23.1 Å². The molecular weight excluding hydrogens is 165 g/mol. The van der Waals surface area contributed by atoms with E-state index in [1.54, 1.807) is 6.07 Å². The van der Waals surface area contributed by atoms with Crippen molar-refractivity contribution in [2.45, 2.75) is 19.8 Å². The van der Waals surface area contributed by atoms with Crippen molar-refractivity contribution in [3.63, 3.8) is 0 Å². The number of halogens is 1. The number of rotatable bonds is 0. The molecule has 0 heterocycles. The summed E-state index contributed by atoms with van der Waals surface area (Å²) in [6, 6.07) is 5.06. The zero-order valence-electron chi connectivity index (χ0n) is 7.47. The minimum absolute atomic E-state index is 0.174. The van der Waals surface area contributed by atoms with Gasteiger partial charge in [-0.2, -0.15) is 5.26 Å². The first kappa shape index (κ1) is 8.25. The zero-order valence-corrected chi connectivity index (χ0v) is 7.47. The summed E-state index contributed by atoms with van der Waals surface area (Å²) in [6.45, 7) is 2.14. The Bertz CT molecular complexity index is 390. The van der Waals surface area contributed by atoms with Crippen LogP contribution in [0.3, 0.4) is 0 Å². The van der Waals surface area contributed by atoms with E-state index < -0.39 is 0 Å². The van der Waals surface area contributed by atoms with E-state index in [0.29, 0.717) is 5.92 Å². The number of hydrogen-bond donors (Lipinski definition) is 0. The first-order valence-corrected chi connectivity index (χ1v) is 4.42. The van der Waals surface area contributed by atoms with Gasteiger partial charge in [-0.1, -0.05) is 6.92 Å². The highest BCUT2D eigenvalue weighted by molar-refractivity contribution is 5.42. The van der Waals surface area contributed by atoms with E-state index >= 15 is 0 Å². The fourth-order valence-electron chi connectivity index (χ4n) is 1.95. The highest BCUT2D eigenvalue weighted by Crippen LogP contribution is 2.28. The molecule has 1 aromatic carbocycles. The molecule has 0 bridgehead atoms. The summed E-state index contributed by atoms with van der Waals surface area (Å²) < 4.78 is 13.1. The van der Waals surface area contributed by atoms with Gasteiger partial charge >= 0.3 is 0 Å². The van der Waals surface area contributed by atoms with Crippen molar-refractivity contribution in [2.24, 2.45) is 5.92 Å². The fourth-order valence-corrected chi connectivity index (χ4v) is 1.95. The number of nitriles is 1. The lowest BCUT2D eigenvalue weighted by Gasteiger charge is -1.99. The van der Waals surface area contributed by atoms with Crippen molar-refractivity contribution in [1.29, 1.82) is 5.26 Å². The van der Waals surface area contributed by atoms with Crippen LogP contribution >= 0.6 is 0 Å². The van der Waals surface area contributed by atoms with Crippen molar-refractivity contribution in [3.05, 3.63) is 34.6 Å². The fraction of sp³-hybridized carbons (Fsp3) is 0.364. The van der Waals surface area contributed by atoms with E-state index in [4.69, 9.17) is 5.26 Å². The van der Waals surface area contributed by atoms with Gasteiger partial charge in [-0.25, -0.2) is 4.39 Å². The number of nitrogens with zero attached hydrogens (tertiary/aromatic N) is 1. The second-order valence-electron chi connectivity index (χ2n) is 3.73. The van der Waals surface area contributed by atoms with Gasteiger partial charge in [0.25, 0.3) is 0 Å². The lowest BCUT2D eigenvalue weighted by atomic mass is 10.1. The second kappa shape index (κ2) is 2.85. The molecule has 13 heavy (non-hydrogen) atoms. The predicted octanol–water partition coefficient (Wildman–Crippen LogP) is 2.43. The molecule has 1 aliphatic carbocycles. The van der Waals surface area contributed by atoms with E-state index in [1.807, 2.05) is 6.07 Å². The zero-order chi connectivity index (χ0) is 9.42. The van der Waals surface area contributed by atoms with Crippen molar-refractivity contribution in [1.82, 2.24) is 0 Å². The minimum Gasteiger partial charge on any atom is -0.206 e. The van der Waals surface area contributed by atoms with Crippen LogP contribution in [0.2, 0.25) is 0 Å². The molecule has 1 aromatic rings. The van der Waals surface area contributed by atoms with Gasteiger partial charge in [0.05, 0.1) is 5.56 Å². The van der Waals surface area contributed by atoms with Gasteiger partial charge in [0.2, 0.25) is 0 Å². The summed E-state index contributed by atoms with van der Waals surface area (Å²) in [5, 5.41) is 8.63. The SMILES string of the molecule is CC1Cc2cc(F)c(C#N)cc2C1. The molecule has 2 heteroatoms. The Morgan fingerprint density at radius 1 is 1.38 bits per heavy atom.